The van der Waals surface area contributed by atoms with Crippen molar-refractivity contribution in [3.8, 4) is 0 Å². The normalized spacial score (nSPS) is 11.5. The van der Waals surface area contributed by atoms with E-state index in [9.17, 15) is 4.79 Å². The number of carbonyl (C=O) groups excluding carboxylic acids is 1. The van der Waals surface area contributed by atoms with Crippen molar-refractivity contribution in [3.63, 3.8) is 0 Å². The fourth-order valence-corrected chi connectivity index (χ4v) is 0.847. The lowest BCUT2D eigenvalue weighted by Gasteiger charge is -2.00. The smallest absolute Gasteiger partial charge is 0.251 e. The quantitative estimate of drug-likeness (QED) is 0.696. The number of carbonyl (C=O) groups is 1. The van der Waals surface area contributed by atoms with E-state index in [4.69, 9.17) is 0 Å². The molecule has 0 unspecified atom stereocenters. The highest BCUT2D eigenvalue weighted by Crippen LogP contribution is 2.05. The summed E-state index contributed by atoms with van der Waals surface area (Å²) in [6.45, 7) is 3.60. The maximum absolute atomic E-state index is 11.3. The number of aryl methyl sites for hydroxylation is 1. The lowest BCUT2D eigenvalue weighted by Crippen LogP contribution is -2.11. The predicted molar refractivity (Wildman–Crippen MR) is 51.3 cm³/mol. The van der Waals surface area contributed by atoms with E-state index in [1.54, 1.807) is 37.1 Å². The van der Waals surface area contributed by atoms with Crippen LogP contribution in [0.1, 0.15) is 13.8 Å². The summed E-state index contributed by atoms with van der Waals surface area (Å²) in [7, 11) is 1.80. The van der Waals surface area contributed by atoms with Crippen LogP contribution in [0.25, 0.3) is 0 Å². The predicted octanol–water partition coefficient (Wildman–Crippen LogP) is 1.32. The highest BCUT2D eigenvalue weighted by atomic mass is 16.1. The molecule has 0 radical (unpaired) electrons. The minimum Gasteiger partial charge on any atom is -0.320 e. The number of aromatic nitrogens is 2. The molecule has 0 aromatic carbocycles. The van der Waals surface area contributed by atoms with Gasteiger partial charge in [-0.05, 0) is 13.8 Å². The summed E-state index contributed by atoms with van der Waals surface area (Å²) in [6.07, 6.45) is 5.13. The third-order valence-electron chi connectivity index (χ3n) is 1.75. The summed E-state index contributed by atoms with van der Waals surface area (Å²) in [5, 5.41) is 6.66. The summed E-state index contributed by atoms with van der Waals surface area (Å²) in [4.78, 5) is 11.3. The third kappa shape index (κ3) is 2.43. The fourth-order valence-electron chi connectivity index (χ4n) is 0.847. The molecule has 0 aliphatic carbocycles. The second kappa shape index (κ2) is 3.89. The first-order chi connectivity index (χ1) is 6.13. The SMILES string of the molecule is CC=C(C)C(=O)Nc1cnn(C)c1. The van der Waals surface area contributed by atoms with Crippen LogP contribution < -0.4 is 5.32 Å². The van der Waals surface area contributed by atoms with Crippen LogP contribution in [0.4, 0.5) is 5.69 Å². The zero-order valence-corrected chi connectivity index (χ0v) is 8.03. The van der Waals surface area contributed by atoms with E-state index in [2.05, 4.69) is 10.4 Å². The molecule has 0 aliphatic rings. The maximum atomic E-state index is 11.3. The van der Waals surface area contributed by atoms with E-state index >= 15 is 0 Å². The van der Waals surface area contributed by atoms with Gasteiger partial charge in [0.15, 0.2) is 0 Å². The van der Waals surface area contributed by atoms with E-state index < -0.39 is 0 Å². The van der Waals surface area contributed by atoms with Crippen molar-refractivity contribution in [1.29, 1.82) is 0 Å². The topological polar surface area (TPSA) is 46.9 Å². The zero-order chi connectivity index (χ0) is 9.84. The first kappa shape index (κ1) is 9.51. The number of amides is 1. The molecule has 1 heterocycles. The van der Waals surface area contributed by atoms with Crippen LogP contribution >= 0.6 is 0 Å². The highest BCUT2D eigenvalue weighted by molar-refractivity contribution is 6.03. The Labute approximate surface area is 77.3 Å². The Balaban J connectivity index is 2.65. The third-order valence-corrected chi connectivity index (χ3v) is 1.75. The number of nitrogens with zero attached hydrogens (tertiary/aromatic N) is 2. The highest BCUT2D eigenvalue weighted by Gasteiger charge is 2.04. The molecule has 0 atom stereocenters. The van der Waals surface area contributed by atoms with Gasteiger partial charge < -0.3 is 5.32 Å². The summed E-state index contributed by atoms with van der Waals surface area (Å²) in [6, 6.07) is 0. The summed E-state index contributed by atoms with van der Waals surface area (Å²) >= 11 is 0. The summed E-state index contributed by atoms with van der Waals surface area (Å²) < 4.78 is 1.64. The molecule has 1 N–H and O–H groups in total. The van der Waals surface area contributed by atoms with Crippen LogP contribution in [0.2, 0.25) is 0 Å². The van der Waals surface area contributed by atoms with Crippen molar-refractivity contribution in [2.24, 2.45) is 7.05 Å². The first-order valence-electron chi connectivity index (χ1n) is 4.06. The molecule has 0 spiro atoms. The van der Waals surface area contributed by atoms with Gasteiger partial charge in [-0.3, -0.25) is 9.48 Å². The Morgan fingerprint density at radius 3 is 2.85 bits per heavy atom. The van der Waals surface area contributed by atoms with Gasteiger partial charge >= 0.3 is 0 Å². The van der Waals surface area contributed by atoms with Crippen LogP contribution in [-0.2, 0) is 11.8 Å². The molecule has 1 aromatic heterocycles. The molecule has 1 aromatic rings. The van der Waals surface area contributed by atoms with Gasteiger partial charge in [0.2, 0.25) is 0 Å². The minimum atomic E-state index is -0.0875. The molecule has 0 saturated carbocycles. The van der Waals surface area contributed by atoms with Crippen LogP contribution in [0.5, 0.6) is 0 Å². The molecule has 0 aliphatic heterocycles. The van der Waals surface area contributed by atoms with E-state index in [0.29, 0.717) is 11.3 Å². The number of anilines is 1. The molecule has 0 fully saturated rings. The van der Waals surface area contributed by atoms with Crippen molar-refractivity contribution in [2.45, 2.75) is 13.8 Å². The second-order valence-electron chi connectivity index (χ2n) is 2.83. The van der Waals surface area contributed by atoms with Crippen LogP contribution in [-0.4, -0.2) is 15.7 Å². The van der Waals surface area contributed by atoms with Crippen molar-refractivity contribution in [2.75, 3.05) is 5.32 Å². The maximum Gasteiger partial charge on any atom is 0.251 e. The molecule has 1 amide bonds. The molecule has 70 valence electrons. The molecule has 0 saturated heterocycles. The molecule has 4 nitrogen and oxygen atoms in total. The molecule has 13 heavy (non-hydrogen) atoms. The average molecular weight is 179 g/mol. The van der Waals surface area contributed by atoms with Crippen LogP contribution in [0.15, 0.2) is 24.0 Å². The number of rotatable bonds is 2. The minimum absolute atomic E-state index is 0.0875. The number of nitrogens with one attached hydrogen (secondary N) is 1. The number of hydrogen-bond acceptors (Lipinski definition) is 2. The van der Waals surface area contributed by atoms with Gasteiger partial charge in [0, 0.05) is 18.8 Å². The molecule has 4 heteroatoms. The van der Waals surface area contributed by atoms with Crippen LogP contribution in [0.3, 0.4) is 0 Å². The summed E-state index contributed by atoms with van der Waals surface area (Å²) in [5.74, 6) is -0.0875. The average Bonchev–Trinajstić information content (AvgIpc) is 2.49. The zero-order valence-electron chi connectivity index (χ0n) is 8.03. The monoisotopic (exact) mass is 179 g/mol. The van der Waals surface area contributed by atoms with Gasteiger partial charge in [-0.15, -0.1) is 0 Å². The van der Waals surface area contributed by atoms with Gasteiger partial charge in [-0.2, -0.15) is 5.10 Å². The van der Waals surface area contributed by atoms with E-state index in [0.717, 1.165) is 0 Å². The van der Waals surface area contributed by atoms with Gasteiger partial charge in [0.1, 0.15) is 0 Å². The molecule has 0 bridgehead atoms. The Hall–Kier alpha value is -1.58. The van der Waals surface area contributed by atoms with Crippen molar-refractivity contribution >= 4 is 11.6 Å². The first-order valence-corrected chi connectivity index (χ1v) is 4.06. The van der Waals surface area contributed by atoms with E-state index in [1.807, 2.05) is 6.92 Å². The van der Waals surface area contributed by atoms with Gasteiger partial charge in [-0.25, -0.2) is 0 Å². The number of hydrogen-bond donors (Lipinski definition) is 1. The Morgan fingerprint density at radius 2 is 2.38 bits per heavy atom. The lowest BCUT2D eigenvalue weighted by molar-refractivity contribution is -0.112. The molecular weight excluding hydrogens is 166 g/mol. The molecule has 1 rings (SSSR count). The van der Waals surface area contributed by atoms with Crippen molar-refractivity contribution in [1.82, 2.24) is 9.78 Å². The number of allylic oxidation sites excluding steroid dienone is 1. The lowest BCUT2D eigenvalue weighted by atomic mass is 10.3. The van der Waals surface area contributed by atoms with E-state index in [1.165, 1.54) is 0 Å². The van der Waals surface area contributed by atoms with Gasteiger partial charge in [0.05, 0.1) is 11.9 Å². The van der Waals surface area contributed by atoms with E-state index in [-0.39, 0.29) is 5.91 Å². The fraction of sp³-hybridized carbons (Fsp3) is 0.333. The summed E-state index contributed by atoms with van der Waals surface area (Å²) in [5.41, 5.74) is 1.41. The van der Waals surface area contributed by atoms with Crippen molar-refractivity contribution < 1.29 is 4.79 Å². The molecular formula is C9H13N3O. The van der Waals surface area contributed by atoms with Gasteiger partial charge in [0.25, 0.3) is 5.91 Å². The Bertz CT molecular complexity index is 338. The van der Waals surface area contributed by atoms with Crippen LogP contribution in [0, 0.1) is 0 Å². The second-order valence-corrected chi connectivity index (χ2v) is 2.83. The largest absolute Gasteiger partial charge is 0.320 e. The Morgan fingerprint density at radius 1 is 1.69 bits per heavy atom. The standard InChI is InChI=1S/C9H13N3O/c1-4-7(2)9(13)11-8-5-10-12(3)6-8/h4-6H,1-3H3,(H,11,13). The Kier molecular flexibility index (Phi) is 2.84. The van der Waals surface area contributed by atoms with Crippen molar-refractivity contribution in [3.05, 3.63) is 24.0 Å². The van der Waals surface area contributed by atoms with Gasteiger partial charge in [-0.1, -0.05) is 6.08 Å².